The molecule has 3 aromatic rings. The van der Waals surface area contributed by atoms with Crippen LogP contribution in [0.4, 0.5) is 11.5 Å². The molecule has 0 unspecified atom stereocenters. The molecule has 7 nitrogen and oxygen atoms in total. The van der Waals surface area contributed by atoms with Gasteiger partial charge in [-0.1, -0.05) is 47.6 Å². The van der Waals surface area contributed by atoms with Gasteiger partial charge in [0.15, 0.2) is 5.82 Å². The number of aromatic nitrogens is 1. The van der Waals surface area contributed by atoms with Gasteiger partial charge in [0.25, 0.3) is 5.91 Å². The Labute approximate surface area is 156 Å². The summed E-state index contributed by atoms with van der Waals surface area (Å²) >= 11 is 0. The van der Waals surface area contributed by atoms with E-state index in [4.69, 9.17) is 4.52 Å². The van der Waals surface area contributed by atoms with Gasteiger partial charge in [-0.15, -0.1) is 0 Å². The lowest BCUT2D eigenvalue weighted by molar-refractivity contribution is -0.114. The minimum atomic E-state index is -0.289. The maximum atomic E-state index is 12.5. The number of aryl methyl sites for hydroxylation is 1. The van der Waals surface area contributed by atoms with E-state index in [1.54, 1.807) is 37.3 Å². The SMILES string of the molecule is Cc1cc(NC(=O)CNc2ccccc2C(=O)NCc2ccccc2)no1. The summed E-state index contributed by atoms with van der Waals surface area (Å²) in [5, 5.41) is 12.2. The second-order valence-electron chi connectivity index (χ2n) is 5.94. The van der Waals surface area contributed by atoms with Gasteiger partial charge in [0.1, 0.15) is 5.76 Å². The van der Waals surface area contributed by atoms with Crippen molar-refractivity contribution in [2.75, 3.05) is 17.2 Å². The first-order valence-electron chi connectivity index (χ1n) is 8.50. The van der Waals surface area contributed by atoms with Crippen molar-refractivity contribution in [3.05, 3.63) is 77.6 Å². The fourth-order valence-electron chi connectivity index (χ4n) is 2.50. The average Bonchev–Trinajstić information content (AvgIpc) is 3.10. The van der Waals surface area contributed by atoms with E-state index in [2.05, 4.69) is 21.1 Å². The van der Waals surface area contributed by atoms with Gasteiger partial charge < -0.3 is 20.5 Å². The number of hydrogen-bond acceptors (Lipinski definition) is 5. The van der Waals surface area contributed by atoms with E-state index in [0.717, 1.165) is 5.56 Å². The third-order valence-corrected chi connectivity index (χ3v) is 3.80. The van der Waals surface area contributed by atoms with Crippen molar-refractivity contribution in [2.24, 2.45) is 0 Å². The average molecular weight is 364 g/mol. The molecule has 0 aliphatic rings. The summed E-state index contributed by atoms with van der Waals surface area (Å²) in [7, 11) is 0. The third kappa shape index (κ3) is 5.18. The normalized spacial score (nSPS) is 10.3. The highest BCUT2D eigenvalue weighted by molar-refractivity contribution is 6.00. The van der Waals surface area contributed by atoms with Crippen LogP contribution < -0.4 is 16.0 Å². The second-order valence-corrected chi connectivity index (χ2v) is 5.94. The van der Waals surface area contributed by atoms with Crippen LogP contribution in [0.3, 0.4) is 0 Å². The summed E-state index contributed by atoms with van der Waals surface area (Å²) in [5.41, 5.74) is 2.06. The molecule has 3 N–H and O–H groups in total. The lowest BCUT2D eigenvalue weighted by Crippen LogP contribution is -2.26. The first kappa shape index (κ1) is 18.2. The van der Waals surface area contributed by atoms with Crippen molar-refractivity contribution in [1.29, 1.82) is 0 Å². The zero-order chi connectivity index (χ0) is 19.1. The highest BCUT2D eigenvalue weighted by Gasteiger charge is 2.12. The van der Waals surface area contributed by atoms with E-state index >= 15 is 0 Å². The molecule has 0 atom stereocenters. The van der Waals surface area contributed by atoms with Crippen LogP contribution in [0.5, 0.6) is 0 Å². The molecule has 0 aliphatic carbocycles. The van der Waals surface area contributed by atoms with Crippen LogP contribution in [-0.4, -0.2) is 23.5 Å². The molecule has 1 heterocycles. The van der Waals surface area contributed by atoms with Crippen molar-refractivity contribution in [1.82, 2.24) is 10.5 Å². The second kappa shape index (κ2) is 8.66. The Hall–Kier alpha value is -3.61. The van der Waals surface area contributed by atoms with E-state index in [1.807, 2.05) is 30.3 Å². The zero-order valence-corrected chi connectivity index (χ0v) is 14.9. The Bertz CT molecular complexity index is 922. The summed E-state index contributed by atoms with van der Waals surface area (Å²) in [6, 6.07) is 18.3. The Morgan fingerprint density at radius 2 is 1.78 bits per heavy atom. The number of nitrogens with zero attached hydrogens (tertiary/aromatic N) is 1. The summed E-state index contributed by atoms with van der Waals surface area (Å²) in [6.07, 6.45) is 0. The fourth-order valence-corrected chi connectivity index (χ4v) is 2.50. The number of para-hydroxylation sites is 1. The van der Waals surface area contributed by atoms with Crippen LogP contribution in [0, 0.1) is 6.92 Å². The third-order valence-electron chi connectivity index (χ3n) is 3.80. The summed E-state index contributed by atoms with van der Waals surface area (Å²) in [5.74, 6) is 0.462. The van der Waals surface area contributed by atoms with E-state index < -0.39 is 0 Å². The molecule has 0 bridgehead atoms. The fraction of sp³-hybridized carbons (Fsp3) is 0.150. The van der Waals surface area contributed by atoms with Crippen molar-refractivity contribution >= 4 is 23.3 Å². The van der Waals surface area contributed by atoms with E-state index in [1.165, 1.54) is 0 Å². The number of benzene rings is 2. The van der Waals surface area contributed by atoms with Gasteiger partial charge in [-0.2, -0.15) is 0 Å². The Morgan fingerprint density at radius 1 is 1.04 bits per heavy atom. The highest BCUT2D eigenvalue weighted by Crippen LogP contribution is 2.15. The minimum Gasteiger partial charge on any atom is -0.375 e. The topological polar surface area (TPSA) is 96.3 Å². The molecule has 0 saturated heterocycles. The van der Waals surface area contributed by atoms with Crippen LogP contribution in [0.15, 0.2) is 65.2 Å². The molecule has 0 radical (unpaired) electrons. The van der Waals surface area contributed by atoms with Crippen LogP contribution in [0.2, 0.25) is 0 Å². The number of carbonyl (C=O) groups is 2. The molecule has 0 spiro atoms. The first-order valence-corrected chi connectivity index (χ1v) is 8.50. The van der Waals surface area contributed by atoms with E-state index in [0.29, 0.717) is 29.4 Å². The zero-order valence-electron chi connectivity index (χ0n) is 14.9. The Balaban J connectivity index is 1.58. The molecule has 2 amide bonds. The number of carbonyl (C=O) groups excluding carboxylic acids is 2. The van der Waals surface area contributed by atoms with E-state index in [-0.39, 0.29) is 18.4 Å². The molecule has 0 aliphatic heterocycles. The number of hydrogen-bond donors (Lipinski definition) is 3. The lowest BCUT2D eigenvalue weighted by Gasteiger charge is -2.12. The van der Waals surface area contributed by atoms with Crippen molar-refractivity contribution in [3.63, 3.8) is 0 Å². The molecule has 138 valence electrons. The van der Waals surface area contributed by atoms with Crippen LogP contribution in [0.25, 0.3) is 0 Å². The summed E-state index contributed by atoms with van der Waals surface area (Å²) < 4.78 is 4.90. The van der Waals surface area contributed by atoms with Gasteiger partial charge in [0, 0.05) is 18.3 Å². The number of nitrogens with one attached hydrogen (secondary N) is 3. The van der Waals surface area contributed by atoms with Crippen LogP contribution >= 0.6 is 0 Å². The predicted molar refractivity (Wildman–Crippen MR) is 102 cm³/mol. The molecule has 0 saturated carbocycles. The van der Waals surface area contributed by atoms with E-state index in [9.17, 15) is 9.59 Å². The van der Waals surface area contributed by atoms with Gasteiger partial charge in [-0.25, -0.2) is 0 Å². The smallest absolute Gasteiger partial charge is 0.253 e. The number of amides is 2. The number of anilines is 2. The number of rotatable bonds is 7. The maximum absolute atomic E-state index is 12.5. The quantitative estimate of drug-likeness (QED) is 0.599. The first-order chi connectivity index (χ1) is 13.1. The van der Waals surface area contributed by atoms with Gasteiger partial charge in [-0.05, 0) is 24.6 Å². The van der Waals surface area contributed by atoms with Crippen molar-refractivity contribution in [3.8, 4) is 0 Å². The molecule has 27 heavy (non-hydrogen) atoms. The van der Waals surface area contributed by atoms with Crippen molar-refractivity contribution in [2.45, 2.75) is 13.5 Å². The minimum absolute atomic E-state index is 0.00507. The van der Waals surface area contributed by atoms with Crippen LogP contribution in [-0.2, 0) is 11.3 Å². The molecule has 0 fully saturated rings. The molecular weight excluding hydrogens is 344 g/mol. The molecule has 2 aromatic carbocycles. The lowest BCUT2D eigenvalue weighted by atomic mass is 10.1. The van der Waals surface area contributed by atoms with Crippen LogP contribution in [0.1, 0.15) is 21.7 Å². The van der Waals surface area contributed by atoms with Gasteiger partial charge in [0.2, 0.25) is 5.91 Å². The monoisotopic (exact) mass is 364 g/mol. The largest absolute Gasteiger partial charge is 0.375 e. The van der Waals surface area contributed by atoms with Gasteiger partial charge >= 0.3 is 0 Å². The van der Waals surface area contributed by atoms with Crippen molar-refractivity contribution < 1.29 is 14.1 Å². The molecular formula is C20H20N4O3. The Morgan fingerprint density at radius 3 is 2.52 bits per heavy atom. The van der Waals surface area contributed by atoms with Gasteiger partial charge in [-0.3, -0.25) is 9.59 Å². The molecule has 7 heteroatoms. The summed E-state index contributed by atoms with van der Waals surface area (Å²) in [4.78, 5) is 24.5. The molecule has 1 aromatic heterocycles. The Kier molecular flexibility index (Phi) is 5.84. The standard InChI is InChI=1S/C20H20N4O3/c1-14-11-18(24-27-14)23-19(25)13-21-17-10-6-5-9-16(17)20(26)22-12-15-7-3-2-4-8-15/h2-11,21H,12-13H2,1H3,(H,22,26)(H,23,24,25). The maximum Gasteiger partial charge on any atom is 0.253 e. The predicted octanol–water partition coefficient (Wildman–Crippen LogP) is 2.96. The van der Waals surface area contributed by atoms with Gasteiger partial charge in [0.05, 0.1) is 12.1 Å². The molecule has 3 rings (SSSR count). The highest BCUT2D eigenvalue weighted by atomic mass is 16.5. The summed E-state index contributed by atoms with van der Waals surface area (Å²) in [6.45, 7) is 2.17.